The summed E-state index contributed by atoms with van der Waals surface area (Å²) in [7, 11) is 0. The molecule has 2 aromatic carbocycles. The molecule has 0 saturated carbocycles. The van der Waals surface area contributed by atoms with Crippen LogP contribution in [-0.2, 0) is 13.2 Å². The molecule has 0 amide bonds. The van der Waals surface area contributed by atoms with Gasteiger partial charge < -0.3 is 9.30 Å². The molecule has 0 spiro atoms. The molecule has 0 aliphatic heterocycles. The minimum atomic E-state index is 0.512. The van der Waals surface area contributed by atoms with E-state index >= 15 is 0 Å². The zero-order chi connectivity index (χ0) is 26.1. The van der Waals surface area contributed by atoms with E-state index in [1.807, 2.05) is 0 Å². The number of hydrogen-bond acceptors (Lipinski definition) is 2. The second kappa shape index (κ2) is 17.3. The van der Waals surface area contributed by atoms with Crippen LogP contribution >= 0.6 is 0 Å². The zero-order valence-corrected chi connectivity index (χ0v) is 24.1. The molecule has 0 aliphatic carbocycles. The van der Waals surface area contributed by atoms with Crippen molar-refractivity contribution in [3.8, 4) is 5.75 Å². The Bertz CT molecular complexity index is 1020. The molecule has 3 nitrogen and oxygen atoms in total. The van der Waals surface area contributed by atoms with Crippen LogP contribution in [0.1, 0.15) is 127 Å². The Morgan fingerprint density at radius 3 is 1.86 bits per heavy atom. The number of nitrogens with zero attached hydrogens (tertiary/aromatic N) is 2. The number of para-hydroxylation sites is 2. The van der Waals surface area contributed by atoms with E-state index in [1.165, 1.54) is 119 Å². The number of hydrogen-bond donors (Lipinski definition) is 0. The van der Waals surface area contributed by atoms with E-state index in [9.17, 15) is 0 Å². The zero-order valence-electron chi connectivity index (χ0n) is 24.1. The fourth-order valence-electron chi connectivity index (χ4n) is 5.31. The van der Waals surface area contributed by atoms with Gasteiger partial charge in [0, 0.05) is 6.54 Å². The number of imidazole rings is 1. The largest absolute Gasteiger partial charge is 0.485 e. The van der Waals surface area contributed by atoms with Crippen LogP contribution in [0.2, 0.25) is 0 Å². The molecule has 1 aromatic heterocycles. The summed E-state index contributed by atoms with van der Waals surface area (Å²) in [5.74, 6) is 1.99. The number of aryl methyl sites for hydroxylation is 3. The number of unbranched alkanes of at least 4 members (excludes halogenated alkanes) is 15. The van der Waals surface area contributed by atoms with Gasteiger partial charge in [-0.15, -0.1) is 0 Å². The Kier molecular flexibility index (Phi) is 13.7. The summed E-state index contributed by atoms with van der Waals surface area (Å²) in [6.07, 6.45) is 22.4. The molecule has 0 unspecified atom stereocenters. The smallest absolute Gasteiger partial charge is 0.147 e. The Morgan fingerprint density at radius 2 is 1.24 bits per heavy atom. The molecule has 3 heteroatoms. The van der Waals surface area contributed by atoms with Crippen LogP contribution in [0.5, 0.6) is 5.75 Å². The lowest BCUT2D eigenvalue weighted by molar-refractivity contribution is 0.287. The van der Waals surface area contributed by atoms with Gasteiger partial charge in [-0.3, -0.25) is 0 Å². The van der Waals surface area contributed by atoms with Gasteiger partial charge in [0.25, 0.3) is 0 Å². The van der Waals surface area contributed by atoms with Crippen LogP contribution in [0, 0.1) is 13.8 Å². The number of aromatic nitrogens is 2. The molecule has 0 atom stereocenters. The highest BCUT2D eigenvalue weighted by molar-refractivity contribution is 5.75. The first-order valence-corrected chi connectivity index (χ1v) is 15.3. The molecule has 0 aliphatic rings. The lowest BCUT2D eigenvalue weighted by atomic mass is 10.0. The molecule has 204 valence electrons. The number of rotatable bonds is 20. The van der Waals surface area contributed by atoms with Crippen molar-refractivity contribution in [1.29, 1.82) is 0 Å². The summed E-state index contributed by atoms with van der Waals surface area (Å²) < 4.78 is 8.60. The van der Waals surface area contributed by atoms with Crippen molar-refractivity contribution in [2.24, 2.45) is 0 Å². The van der Waals surface area contributed by atoms with Gasteiger partial charge in [0.15, 0.2) is 0 Å². The van der Waals surface area contributed by atoms with Crippen LogP contribution in [-0.4, -0.2) is 9.55 Å². The molecular formula is C34H52N2O. The third-order valence-corrected chi connectivity index (χ3v) is 7.67. The maximum Gasteiger partial charge on any atom is 0.147 e. The molecule has 3 aromatic rings. The van der Waals surface area contributed by atoms with Crippen molar-refractivity contribution in [3.63, 3.8) is 0 Å². The quantitative estimate of drug-likeness (QED) is 0.143. The lowest BCUT2D eigenvalue weighted by Gasteiger charge is -2.12. The first kappa shape index (κ1) is 29.3. The van der Waals surface area contributed by atoms with Crippen LogP contribution in [0.25, 0.3) is 11.0 Å². The van der Waals surface area contributed by atoms with Crippen molar-refractivity contribution in [2.45, 2.75) is 137 Å². The van der Waals surface area contributed by atoms with Crippen LogP contribution in [0.15, 0.2) is 42.5 Å². The molecule has 1 heterocycles. The highest BCUT2D eigenvalue weighted by Gasteiger charge is 2.11. The van der Waals surface area contributed by atoms with E-state index in [-0.39, 0.29) is 0 Å². The second-order valence-corrected chi connectivity index (χ2v) is 11.0. The third kappa shape index (κ3) is 10.5. The molecule has 0 bridgehead atoms. The van der Waals surface area contributed by atoms with E-state index in [0.717, 1.165) is 23.6 Å². The van der Waals surface area contributed by atoms with Gasteiger partial charge in [0.1, 0.15) is 18.2 Å². The second-order valence-electron chi connectivity index (χ2n) is 11.0. The Hall–Kier alpha value is -2.29. The van der Waals surface area contributed by atoms with Crippen molar-refractivity contribution in [3.05, 3.63) is 59.4 Å². The van der Waals surface area contributed by atoms with Crippen molar-refractivity contribution < 1.29 is 4.74 Å². The van der Waals surface area contributed by atoms with Gasteiger partial charge in [0.05, 0.1) is 11.0 Å². The lowest BCUT2D eigenvalue weighted by Crippen LogP contribution is -2.08. The number of ether oxygens (including phenoxy) is 1. The average Bonchev–Trinajstić information content (AvgIpc) is 3.26. The average molecular weight is 505 g/mol. The predicted molar refractivity (Wildman–Crippen MR) is 160 cm³/mol. The number of benzene rings is 2. The summed E-state index contributed by atoms with van der Waals surface area (Å²) in [6.45, 7) is 8.04. The summed E-state index contributed by atoms with van der Waals surface area (Å²) in [6, 6.07) is 14.9. The predicted octanol–water partition coefficient (Wildman–Crippen LogP) is 10.5. The highest BCUT2D eigenvalue weighted by atomic mass is 16.5. The minimum Gasteiger partial charge on any atom is -0.485 e. The fourth-order valence-corrected chi connectivity index (χ4v) is 5.31. The molecular weight excluding hydrogens is 452 g/mol. The SMILES string of the molecule is CCCCCCCCCCCCCCCCCCn1c(COc2cc(C)ccc2C)nc2ccccc21. The van der Waals surface area contributed by atoms with Gasteiger partial charge in [-0.2, -0.15) is 0 Å². The van der Waals surface area contributed by atoms with E-state index in [2.05, 4.69) is 67.8 Å². The van der Waals surface area contributed by atoms with Gasteiger partial charge in [0.2, 0.25) is 0 Å². The molecule has 3 rings (SSSR count). The summed E-state index contributed by atoms with van der Waals surface area (Å²) in [5.41, 5.74) is 4.69. The van der Waals surface area contributed by atoms with E-state index in [0.29, 0.717) is 6.61 Å². The highest BCUT2D eigenvalue weighted by Crippen LogP contribution is 2.23. The first-order chi connectivity index (χ1) is 18.2. The van der Waals surface area contributed by atoms with E-state index in [1.54, 1.807) is 0 Å². The van der Waals surface area contributed by atoms with Crippen LogP contribution in [0.4, 0.5) is 0 Å². The molecule has 0 radical (unpaired) electrons. The maximum atomic E-state index is 6.22. The minimum absolute atomic E-state index is 0.512. The molecule has 0 saturated heterocycles. The third-order valence-electron chi connectivity index (χ3n) is 7.67. The fraction of sp³-hybridized carbons (Fsp3) is 0.618. The van der Waals surface area contributed by atoms with Crippen molar-refractivity contribution >= 4 is 11.0 Å². The van der Waals surface area contributed by atoms with E-state index in [4.69, 9.17) is 9.72 Å². The summed E-state index contributed by atoms with van der Waals surface area (Å²) >= 11 is 0. The normalized spacial score (nSPS) is 11.4. The maximum absolute atomic E-state index is 6.22. The van der Waals surface area contributed by atoms with Gasteiger partial charge >= 0.3 is 0 Å². The van der Waals surface area contributed by atoms with Crippen molar-refractivity contribution in [2.75, 3.05) is 0 Å². The monoisotopic (exact) mass is 504 g/mol. The van der Waals surface area contributed by atoms with Gasteiger partial charge in [-0.05, 0) is 49.6 Å². The van der Waals surface area contributed by atoms with Crippen molar-refractivity contribution in [1.82, 2.24) is 9.55 Å². The molecule has 0 N–H and O–H groups in total. The Morgan fingerprint density at radius 1 is 0.676 bits per heavy atom. The topological polar surface area (TPSA) is 27.1 Å². The van der Waals surface area contributed by atoms with E-state index < -0.39 is 0 Å². The van der Waals surface area contributed by atoms with Crippen LogP contribution < -0.4 is 4.74 Å². The number of fused-ring (bicyclic) bond motifs is 1. The molecule has 0 fully saturated rings. The Labute approximate surface area is 227 Å². The summed E-state index contributed by atoms with van der Waals surface area (Å²) in [5, 5.41) is 0. The van der Waals surface area contributed by atoms with Gasteiger partial charge in [-0.1, -0.05) is 128 Å². The Balaban J connectivity index is 1.30. The standard InChI is InChI=1S/C34H52N2O/c1-4-5-6-7-8-9-10-11-12-13-14-15-16-17-18-21-26-36-32-23-20-19-22-31(32)35-34(36)28-37-33-27-29(2)24-25-30(33)3/h19-20,22-25,27H,4-18,21,26,28H2,1-3H3. The first-order valence-electron chi connectivity index (χ1n) is 15.3. The van der Waals surface area contributed by atoms with Crippen LogP contribution in [0.3, 0.4) is 0 Å². The van der Waals surface area contributed by atoms with Gasteiger partial charge in [-0.25, -0.2) is 4.98 Å². The summed E-state index contributed by atoms with van der Waals surface area (Å²) in [4.78, 5) is 4.91. The molecule has 37 heavy (non-hydrogen) atoms.